The molecule has 1 N–H and O–H groups in total. The lowest BCUT2D eigenvalue weighted by Crippen LogP contribution is -2.42. The number of amides is 2. The first-order valence-electron chi connectivity index (χ1n) is 8.27. The summed E-state index contributed by atoms with van der Waals surface area (Å²) in [6.07, 6.45) is 3.99. The van der Waals surface area contributed by atoms with Crippen molar-refractivity contribution < 1.29 is 14.3 Å². The minimum Gasteiger partial charge on any atom is -0.383 e. The van der Waals surface area contributed by atoms with E-state index in [0.717, 1.165) is 25.9 Å². The molecule has 1 aromatic heterocycles. The molecule has 1 unspecified atom stereocenters. The van der Waals surface area contributed by atoms with Crippen molar-refractivity contribution in [3.63, 3.8) is 0 Å². The van der Waals surface area contributed by atoms with Gasteiger partial charge in [0.05, 0.1) is 12.6 Å². The van der Waals surface area contributed by atoms with E-state index in [2.05, 4.69) is 10.4 Å². The van der Waals surface area contributed by atoms with Crippen LogP contribution in [0.4, 0.5) is 0 Å². The molecule has 1 aromatic rings. The summed E-state index contributed by atoms with van der Waals surface area (Å²) in [6.45, 7) is 2.64. The number of methoxy groups -OCH3 is 1. The second kappa shape index (κ2) is 8.79. The van der Waals surface area contributed by atoms with E-state index < -0.39 is 0 Å². The second-order valence-electron chi connectivity index (χ2n) is 6.19. The van der Waals surface area contributed by atoms with E-state index >= 15 is 0 Å². The van der Waals surface area contributed by atoms with Gasteiger partial charge in [-0.2, -0.15) is 5.10 Å². The molecule has 134 valence electrons. The van der Waals surface area contributed by atoms with Gasteiger partial charge in [-0.1, -0.05) is 0 Å². The number of nitrogens with zero attached hydrogens (tertiary/aromatic N) is 4. The first kappa shape index (κ1) is 18.4. The van der Waals surface area contributed by atoms with Crippen LogP contribution in [-0.4, -0.2) is 85.4 Å². The van der Waals surface area contributed by atoms with E-state index in [0.29, 0.717) is 18.8 Å². The third kappa shape index (κ3) is 4.78. The number of hydrogen-bond acceptors (Lipinski definition) is 5. The molecule has 0 bridgehead atoms. The monoisotopic (exact) mass is 337 g/mol. The summed E-state index contributed by atoms with van der Waals surface area (Å²) in [7, 11) is 4.92. The van der Waals surface area contributed by atoms with Crippen molar-refractivity contribution in [1.82, 2.24) is 24.9 Å². The van der Waals surface area contributed by atoms with Crippen molar-refractivity contribution >= 4 is 11.8 Å². The SMILES string of the molecule is COCCN(CC(=O)N(C)C)C(=O)c1ccn(C2CCCNC2)n1. The van der Waals surface area contributed by atoms with E-state index in [9.17, 15) is 9.59 Å². The summed E-state index contributed by atoms with van der Waals surface area (Å²) in [5.41, 5.74) is 0.364. The van der Waals surface area contributed by atoms with E-state index in [4.69, 9.17) is 4.74 Å². The van der Waals surface area contributed by atoms with Crippen LogP contribution in [0.1, 0.15) is 29.4 Å². The maximum Gasteiger partial charge on any atom is 0.274 e. The van der Waals surface area contributed by atoms with Crippen molar-refractivity contribution in [1.29, 1.82) is 0 Å². The topological polar surface area (TPSA) is 79.7 Å². The zero-order valence-electron chi connectivity index (χ0n) is 14.7. The number of rotatable bonds is 7. The molecule has 2 amide bonds. The Kier molecular flexibility index (Phi) is 6.74. The highest BCUT2D eigenvalue weighted by Gasteiger charge is 2.23. The number of aromatic nitrogens is 2. The standard InChI is InChI=1S/C16H27N5O3/c1-19(2)15(22)12-20(9-10-24-3)16(23)14-6-8-21(18-14)13-5-4-7-17-11-13/h6,8,13,17H,4-5,7,9-12H2,1-3H3. The summed E-state index contributed by atoms with van der Waals surface area (Å²) in [4.78, 5) is 27.6. The number of carbonyl (C=O) groups excluding carboxylic acids is 2. The fourth-order valence-electron chi connectivity index (χ4n) is 2.64. The Morgan fingerprint density at radius 3 is 2.88 bits per heavy atom. The van der Waals surface area contributed by atoms with Crippen LogP contribution in [0.5, 0.6) is 0 Å². The van der Waals surface area contributed by atoms with Crippen molar-refractivity contribution in [2.45, 2.75) is 18.9 Å². The van der Waals surface area contributed by atoms with Gasteiger partial charge in [0.25, 0.3) is 5.91 Å². The van der Waals surface area contributed by atoms with E-state index in [-0.39, 0.29) is 24.4 Å². The lowest BCUT2D eigenvalue weighted by Gasteiger charge is -2.24. The zero-order chi connectivity index (χ0) is 17.5. The highest BCUT2D eigenvalue weighted by Crippen LogP contribution is 2.16. The van der Waals surface area contributed by atoms with Gasteiger partial charge < -0.3 is 19.9 Å². The quantitative estimate of drug-likeness (QED) is 0.757. The first-order chi connectivity index (χ1) is 11.5. The maximum absolute atomic E-state index is 12.7. The van der Waals surface area contributed by atoms with Gasteiger partial charge in [-0.15, -0.1) is 0 Å². The van der Waals surface area contributed by atoms with E-state index in [1.54, 1.807) is 27.3 Å². The number of likely N-dealkylation sites (N-methyl/N-ethyl adjacent to an activating group) is 1. The zero-order valence-corrected chi connectivity index (χ0v) is 14.7. The number of nitrogens with one attached hydrogen (secondary N) is 1. The molecule has 0 spiro atoms. The van der Waals surface area contributed by atoms with Gasteiger partial charge in [-0.05, 0) is 25.5 Å². The molecule has 1 aliphatic heterocycles. The summed E-state index contributed by atoms with van der Waals surface area (Å²) in [6, 6.07) is 1.99. The molecule has 24 heavy (non-hydrogen) atoms. The van der Waals surface area contributed by atoms with Crippen molar-refractivity contribution in [2.75, 3.05) is 54.0 Å². The normalized spacial score (nSPS) is 17.5. The maximum atomic E-state index is 12.7. The van der Waals surface area contributed by atoms with Gasteiger partial charge in [0.15, 0.2) is 0 Å². The summed E-state index contributed by atoms with van der Waals surface area (Å²) in [5, 5.41) is 7.77. The van der Waals surface area contributed by atoms with E-state index in [1.165, 1.54) is 9.80 Å². The molecule has 2 heterocycles. The van der Waals surface area contributed by atoms with Gasteiger partial charge in [0.2, 0.25) is 5.91 Å². The van der Waals surface area contributed by atoms with Crippen LogP contribution in [0.2, 0.25) is 0 Å². The molecular weight excluding hydrogens is 310 g/mol. The Balaban J connectivity index is 2.07. The van der Waals surface area contributed by atoms with Gasteiger partial charge in [0.1, 0.15) is 12.2 Å². The molecule has 0 radical (unpaired) electrons. The third-order valence-corrected chi connectivity index (χ3v) is 4.15. The Morgan fingerprint density at radius 2 is 2.25 bits per heavy atom. The Hall–Kier alpha value is -1.93. The Labute approximate surface area is 142 Å². The smallest absolute Gasteiger partial charge is 0.274 e. The van der Waals surface area contributed by atoms with Crippen LogP contribution in [0.3, 0.4) is 0 Å². The predicted molar refractivity (Wildman–Crippen MR) is 89.8 cm³/mol. The molecule has 1 saturated heterocycles. The fraction of sp³-hybridized carbons (Fsp3) is 0.688. The lowest BCUT2D eigenvalue weighted by atomic mass is 10.1. The minimum atomic E-state index is -0.246. The van der Waals surface area contributed by atoms with Crippen molar-refractivity contribution in [3.05, 3.63) is 18.0 Å². The molecule has 2 rings (SSSR count). The predicted octanol–water partition coefficient (Wildman–Crippen LogP) is -0.0156. The van der Waals surface area contributed by atoms with Crippen LogP contribution in [0.25, 0.3) is 0 Å². The van der Waals surface area contributed by atoms with Crippen LogP contribution in [-0.2, 0) is 9.53 Å². The van der Waals surface area contributed by atoms with E-state index in [1.807, 2.05) is 10.9 Å². The molecule has 1 fully saturated rings. The number of hydrogen-bond donors (Lipinski definition) is 1. The molecule has 0 aliphatic carbocycles. The van der Waals surface area contributed by atoms with Crippen molar-refractivity contribution in [3.8, 4) is 0 Å². The molecule has 8 nitrogen and oxygen atoms in total. The number of piperidine rings is 1. The largest absolute Gasteiger partial charge is 0.383 e. The van der Waals surface area contributed by atoms with Crippen LogP contribution < -0.4 is 5.32 Å². The van der Waals surface area contributed by atoms with Gasteiger partial charge >= 0.3 is 0 Å². The molecule has 1 aliphatic rings. The van der Waals surface area contributed by atoms with Crippen LogP contribution >= 0.6 is 0 Å². The lowest BCUT2D eigenvalue weighted by molar-refractivity contribution is -0.129. The third-order valence-electron chi connectivity index (χ3n) is 4.15. The first-order valence-corrected chi connectivity index (χ1v) is 8.27. The average Bonchev–Trinajstić information content (AvgIpc) is 3.08. The minimum absolute atomic E-state index is 0.0209. The summed E-state index contributed by atoms with van der Waals surface area (Å²) >= 11 is 0. The number of carbonyl (C=O) groups is 2. The van der Waals surface area contributed by atoms with Crippen LogP contribution in [0.15, 0.2) is 12.3 Å². The number of ether oxygens (including phenoxy) is 1. The average molecular weight is 337 g/mol. The Morgan fingerprint density at radius 1 is 1.46 bits per heavy atom. The molecule has 8 heteroatoms. The fourth-order valence-corrected chi connectivity index (χ4v) is 2.64. The highest BCUT2D eigenvalue weighted by molar-refractivity contribution is 5.94. The molecule has 0 aromatic carbocycles. The summed E-state index contributed by atoms with van der Waals surface area (Å²) in [5.74, 6) is -0.375. The van der Waals surface area contributed by atoms with Gasteiger partial charge in [-0.25, -0.2) is 0 Å². The Bertz CT molecular complexity index is 552. The molecular formula is C16H27N5O3. The summed E-state index contributed by atoms with van der Waals surface area (Å²) < 4.78 is 6.90. The molecule has 1 atom stereocenters. The van der Waals surface area contributed by atoms with Crippen LogP contribution in [0, 0.1) is 0 Å². The van der Waals surface area contributed by atoms with Crippen molar-refractivity contribution in [2.24, 2.45) is 0 Å². The molecule has 0 saturated carbocycles. The second-order valence-corrected chi connectivity index (χ2v) is 6.19. The highest BCUT2D eigenvalue weighted by atomic mass is 16.5. The van der Waals surface area contributed by atoms with Gasteiger partial charge in [-0.3, -0.25) is 14.3 Å². The van der Waals surface area contributed by atoms with Gasteiger partial charge in [0, 0.05) is 40.5 Å².